The molecule has 3 rings (SSSR count). The van der Waals surface area contributed by atoms with Gasteiger partial charge >= 0.3 is 0 Å². The highest BCUT2D eigenvalue weighted by molar-refractivity contribution is 9.10. The molecule has 0 unspecified atom stereocenters. The zero-order chi connectivity index (χ0) is 21.3. The molecule has 0 aliphatic carbocycles. The topological polar surface area (TPSA) is 64.7 Å². The van der Waals surface area contributed by atoms with Gasteiger partial charge in [0.05, 0.1) is 16.7 Å². The third kappa shape index (κ3) is 4.76. The van der Waals surface area contributed by atoms with E-state index in [0.717, 1.165) is 4.68 Å². The van der Waals surface area contributed by atoms with E-state index in [-0.39, 0.29) is 39.0 Å². The number of alkyl halides is 2. The smallest absolute Gasteiger partial charge is 0.283 e. The summed E-state index contributed by atoms with van der Waals surface area (Å²) in [7, 11) is 0. The number of anilines is 1. The van der Waals surface area contributed by atoms with Crippen LogP contribution in [-0.4, -0.2) is 25.5 Å². The molecule has 0 saturated heterocycles. The number of carbonyl (C=O) groups excluding carboxylic acids is 1. The molecule has 154 valence electrons. The Morgan fingerprint density at radius 3 is 2.62 bits per heavy atom. The van der Waals surface area contributed by atoms with Gasteiger partial charge in [0, 0.05) is 16.8 Å². The van der Waals surface area contributed by atoms with E-state index in [2.05, 4.69) is 31.4 Å². The van der Waals surface area contributed by atoms with Crippen molar-refractivity contribution in [2.45, 2.75) is 26.4 Å². The van der Waals surface area contributed by atoms with Gasteiger partial charge in [-0.15, -0.1) is 0 Å². The summed E-state index contributed by atoms with van der Waals surface area (Å²) in [4.78, 5) is 12.3. The number of hydrogen-bond acceptors (Lipinski definition) is 3. The van der Waals surface area contributed by atoms with Crippen molar-refractivity contribution in [3.63, 3.8) is 0 Å². The van der Waals surface area contributed by atoms with E-state index < -0.39 is 23.8 Å². The summed E-state index contributed by atoms with van der Waals surface area (Å²) < 4.78 is 42.4. The molecule has 1 aromatic carbocycles. The molecule has 0 aliphatic heterocycles. The van der Waals surface area contributed by atoms with E-state index in [4.69, 9.17) is 23.2 Å². The Kier molecular flexibility index (Phi) is 6.55. The minimum Gasteiger partial charge on any atom is -0.306 e. The van der Waals surface area contributed by atoms with Crippen LogP contribution in [0.5, 0.6) is 0 Å². The lowest BCUT2D eigenvalue weighted by Crippen LogP contribution is -2.21. The number of aromatic nitrogens is 4. The Morgan fingerprint density at radius 2 is 2.00 bits per heavy atom. The first kappa shape index (κ1) is 21.7. The molecule has 0 saturated carbocycles. The molecule has 0 bridgehead atoms. The number of benzene rings is 1. The maximum atomic E-state index is 13.9. The van der Waals surface area contributed by atoms with Crippen LogP contribution in [0.3, 0.4) is 0 Å². The molecule has 0 atom stereocenters. The number of halogens is 6. The van der Waals surface area contributed by atoms with Crippen molar-refractivity contribution in [3.8, 4) is 0 Å². The Morgan fingerprint density at radius 1 is 1.28 bits per heavy atom. The van der Waals surface area contributed by atoms with Crippen LogP contribution in [0.2, 0.25) is 10.0 Å². The Labute approximate surface area is 181 Å². The van der Waals surface area contributed by atoms with E-state index in [1.165, 1.54) is 23.0 Å². The molecule has 12 heteroatoms. The van der Waals surface area contributed by atoms with Gasteiger partial charge in [-0.25, -0.2) is 13.2 Å². The molecule has 1 amide bonds. The quantitative estimate of drug-likeness (QED) is 0.494. The fraction of sp³-hybridized carbons (Fsp3) is 0.235. The first-order chi connectivity index (χ1) is 13.7. The number of hydrogen-bond donors (Lipinski definition) is 1. The summed E-state index contributed by atoms with van der Waals surface area (Å²) in [6.45, 7) is 1.24. The highest BCUT2D eigenvalue weighted by atomic mass is 79.9. The first-order valence-corrected chi connectivity index (χ1v) is 9.69. The van der Waals surface area contributed by atoms with Crippen LogP contribution < -0.4 is 5.32 Å². The predicted octanol–water partition coefficient (Wildman–Crippen LogP) is 5.22. The van der Waals surface area contributed by atoms with Crippen molar-refractivity contribution in [2.24, 2.45) is 0 Å². The van der Waals surface area contributed by atoms with Gasteiger partial charge in [-0.1, -0.05) is 29.3 Å². The van der Waals surface area contributed by atoms with Crippen molar-refractivity contribution in [2.75, 3.05) is 5.32 Å². The lowest BCUT2D eigenvalue weighted by atomic mass is 10.2. The minimum atomic E-state index is -2.78. The van der Waals surface area contributed by atoms with E-state index in [1.807, 2.05) is 0 Å². The molecule has 0 aliphatic rings. The molecule has 1 N–H and O–H groups in total. The summed E-state index contributed by atoms with van der Waals surface area (Å²) in [5.74, 6) is -1.02. The van der Waals surface area contributed by atoms with Crippen LogP contribution >= 0.6 is 39.1 Å². The molecule has 0 spiro atoms. The lowest BCUT2D eigenvalue weighted by molar-refractivity contribution is -0.117. The number of nitrogens with one attached hydrogen (secondary N) is 1. The molecule has 6 nitrogen and oxygen atoms in total. The van der Waals surface area contributed by atoms with Gasteiger partial charge in [0.1, 0.15) is 23.1 Å². The molecule has 29 heavy (non-hydrogen) atoms. The SMILES string of the molecule is Cc1c(Br)c(C(F)F)nn1CC(=O)Nc1nn(Cc2c(F)cccc2Cl)cc1Cl. The van der Waals surface area contributed by atoms with Gasteiger partial charge in [-0.05, 0) is 35.0 Å². The first-order valence-electron chi connectivity index (χ1n) is 8.14. The average molecular weight is 511 g/mol. The van der Waals surface area contributed by atoms with Gasteiger partial charge < -0.3 is 5.32 Å². The number of carbonyl (C=O) groups is 1. The summed E-state index contributed by atoms with van der Waals surface area (Å²) >= 11 is 15.1. The number of nitrogens with zero attached hydrogens (tertiary/aromatic N) is 4. The van der Waals surface area contributed by atoms with Crippen molar-refractivity contribution in [3.05, 3.63) is 61.7 Å². The molecule has 0 radical (unpaired) electrons. The third-order valence-electron chi connectivity index (χ3n) is 4.01. The molecular formula is C17H13BrCl2F3N5O. The van der Waals surface area contributed by atoms with Crippen LogP contribution in [-0.2, 0) is 17.9 Å². The Balaban J connectivity index is 1.73. The third-order valence-corrected chi connectivity index (χ3v) is 5.63. The van der Waals surface area contributed by atoms with Crippen molar-refractivity contribution in [1.29, 1.82) is 0 Å². The Bertz CT molecular complexity index is 1050. The highest BCUT2D eigenvalue weighted by Crippen LogP contribution is 2.29. The molecule has 2 aromatic heterocycles. The summed E-state index contributed by atoms with van der Waals surface area (Å²) in [6.07, 6.45) is -1.37. The van der Waals surface area contributed by atoms with Gasteiger partial charge in [0.2, 0.25) is 5.91 Å². The van der Waals surface area contributed by atoms with E-state index in [0.29, 0.717) is 5.69 Å². The fourth-order valence-electron chi connectivity index (χ4n) is 2.56. The van der Waals surface area contributed by atoms with Gasteiger partial charge in [0.15, 0.2) is 5.82 Å². The largest absolute Gasteiger partial charge is 0.306 e. The summed E-state index contributed by atoms with van der Waals surface area (Å²) in [5, 5.41) is 10.7. The second-order valence-corrected chi connectivity index (χ2v) is 7.62. The van der Waals surface area contributed by atoms with E-state index in [9.17, 15) is 18.0 Å². The van der Waals surface area contributed by atoms with Crippen molar-refractivity contribution < 1.29 is 18.0 Å². The molecular weight excluding hydrogens is 498 g/mol. The monoisotopic (exact) mass is 509 g/mol. The van der Waals surface area contributed by atoms with E-state index in [1.54, 1.807) is 13.0 Å². The van der Waals surface area contributed by atoms with Crippen molar-refractivity contribution >= 4 is 50.9 Å². The highest BCUT2D eigenvalue weighted by Gasteiger charge is 2.22. The maximum absolute atomic E-state index is 13.9. The van der Waals surface area contributed by atoms with Gasteiger partial charge in [-0.2, -0.15) is 10.2 Å². The van der Waals surface area contributed by atoms with Crippen LogP contribution in [0.4, 0.5) is 19.0 Å². The van der Waals surface area contributed by atoms with E-state index >= 15 is 0 Å². The van der Waals surface area contributed by atoms with Gasteiger partial charge in [-0.3, -0.25) is 14.2 Å². The maximum Gasteiger partial charge on any atom is 0.283 e. The van der Waals surface area contributed by atoms with Gasteiger partial charge in [0.25, 0.3) is 6.43 Å². The summed E-state index contributed by atoms with van der Waals surface area (Å²) in [6, 6.07) is 4.30. The lowest BCUT2D eigenvalue weighted by Gasteiger charge is -2.06. The summed E-state index contributed by atoms with van der Waals surface area (Å²) in [5.41, 5.74) is 0.156. The zero-order valence-electron chi connectivity index (χ0n) is 14.8. The van der Waals surface area contributed by atoms with Crippen molar-refractivity contribution in [1.82, 2.24) is 19.6 Å². The zero-order valence-corrected chi connectivity index (χ0v) is 17.9. The standard InChI is InChI=1S/C17H13BrCl2F3N5O/c1-8-14(18)15(16(22)23)25-28(8)7-13(29)24-17-11(20)6-27(26-17)5-9-10(19)3-2-4-12(9)21/h2-4,6,16H,5,7H2,1H3,(H,24,26,29). The van der Waals surface area contributed by atoms with Crippen LogP contribution in [0.25, 0.3) is 0 Å². The number of rotatable bonds is 6. The average Bonchev–Trinajstić information content (AvgIpc) is 3.12. The minimum absolute atomic E-state index is 0.00402. The molecule has 3 aromatic rings. The second-order valence-electron chi connectivity index (χ2n) is 6.01. The van der Waals surface area contributed by atoms with Crippen LogP contribution in [0, 0.1) is 12.7 Å². The second kappa shape index (κ2) is 8.76. The number of amides is 1. The predicted molar refractivity (Wildman–Crippen MR) is 106 cm³/mol. The Hall–Kier alpha value is -2.04. The normalized spacial score (nSPS) is 11.3. The molecule has 2 heterocycles. The van der Waals surface area contributed by atoms with Crippen LogP contribution in [0.1, 0.15) is 23.4 Å². The fourth-order valence-corrected chi connectivity index (χ4v) is 3.43. The molecule has 0 fully saturated rings. The van der Waals surface area contributed by atoms with Crippen LogP contribution in [0.15, 0.2) is 28.9 Å².